The van der Waals surface area contributed by atoms with Gasteiger partial charge in [0.2, 0.25) is 5.91 Å². The van der Waals surface area contributed by atoms with Crippen LogP contribution in [-0.4, -0.2) is 25.6 Å². The first-order valence-corrected chi connectivity index (χ1v) is 6.93. The summed E-state index contributed by atoms with van der Waals surface area (Å²) in [4.78, 5) is 22.8. The van der Waals surface area contributed by atoms with Crippen molar-refractivity contribution in [3.8, 4) is 5.75 Å². The molecule has 3 amide bonds. The van der Waals surface area contributed by atoms with Crippen molar-refractivity contribution < 1.29 is 14.3 Å². The molecule has 6 nitrogen and oxygen atoms in total. The van der Waals surface area contributed by atoms with Crippen LogP contribution in [0.2, 0.25) is 0 Å². The SMILES string of the molecule is COc1cc(NC(=O)NCCC(C)C)ccc1NC(C)=O. The van der Waals surface area contributed by atoms with Crippen LogP contribution in [0, 0.1) is 5.92 Å². The molecule has 0 aliphatic carbocycles. The lowest BCUT2D eigenvalue weighted by Gasteiger charge is -2.12. The molecule has 1 rings (SSSR count). The summed E-state index contributed by atoms with van der Waals surface area (Å²) >= 11 is 0. The third kappa shape index (κ3) is 6.16. The van der Waals surface area contributed by atoms with Gasteiger partial charge in [-0.1, -0.05) is 13.8 Å². The lowest BCUT2D eigenvalue weighted by molar-refractivity contribution is -0.114. The molecule has 0 heterocycles. The molecule has 1 aromatic carbocycles. The summed E-state index contributed by atoms with van der Waals surface area (Å²) in [6.45, 7) is 6.26. The molecule has 0 atom stereocenters. The number of nitrogens with one attached hydrogen (secondary N) is 3. The Balaban J connectivity index is 2.63. The van der Waals surface area contributed by atoms with Gasteiger partial charge < -0.3 is 20.7 Å². The number of anilines is 2. The summed E-state index contributed by atoms with van der Waals surface area (Å²) in [6, 6.07) is 4.79. The van der Waals surface area contributed by atoms with Crippen molar-refractivity contribution in [1.82, 2.24) is 5.32 Å². The maximum absolute atomic E-state index is 11.7. The average molecular weight is 293 g/mol. The molecule has 21 heavy (non-hydrogen) atoms. The number of carbonyl (C=O) groups is 2. The minimum atomic E-state index is -0.259. The van der Waals surface area contributed by atoms with Crippen molar-refractivity contribution in [2.45, 2.75) is 27.2 Å². The zero-order valence-electron chi connectivity index (χ0n) is 12.9. The van der Waals surface area contributed by atoms with Gasteiger partial charge in [0, 0.05) is 25.2 Å². The zero-order chi connectivity index (χ0) is 15.8. The van der Waals surface area contributed by atoms with E-state index in [9.17, 15) is 9.59 Å². The molecular weight excluding hydrogens is 270 g/mol. The number of methoxy groups -OCH3 is 1. The smallest absolute Gasteiger partial charge is 0.319 e. The van der Waals surface area contributed by atoms with Crippen LogP contribution < -0.4 is 20.7 Å². The quantitative estimate of drug-likeness (QED) is 0.754. The molecular formula is C15H23N3O3. The molecule has 0 radical (unpaired) electrons. The molecule has 0 aliphatic heterocycles. The number of carbonyl (C=O) groups excluding carboxylic acids is 2. The molecule has 0 aliphatic rings. The van der Waals surface area contributed by atoms with Gasteiger partial charge in [0.25, 0.3) is 0 Å². The summed E-state index contributed by atoms with van der Waals surface area (Å²) in [5, 5.41) is 8.17. The number of hydrogen-bond donors (Lipinski definition) is 3. The van der Waals surface area contributed by atoms with Gasteiger partial charge in [-0.15, -0.1) is 0 Å². The predicted molar refractivity (Wildman–Crippen MR) is 83.8 cm³/mol. The van der Waals surface area contributed by atoms with Crippen LogP contribution >= 0.6 is 0 Å². The minimum absolute atomic E-state index is 0.180. The van der Waals surface area contributed by atoms with Gasteiger partial charge in [-0.3, -0.25) is 4.79 Å². The van der Waals surface area contributed by atoms with Gasteiger partial charge in [0.05, 0.1) is 12.8 Å². The molecule has 0 aromatic heterocycles. The zero-order valence-corrected chi connectivity index (χ0v) is 12.9. The van der Waals surface area contributed by atoms with Gasteiger partial charge in [0.1, 0.15) is 5.75 Å². The van der Waals surface area contributed by atoms with E-state index in [0.29, 0.717) is 29.6 Å². The van der Waals surface area contributed by atoms with Crippen LogP contribution in [0.5, 0.6) is 5.75 Å². The lowest BCUT2D eigenvalue weighted by atomic mass is 10.1. The van der Waals surface area contributed by atoms with Gasteiger partial charge >= 0.3 is 6.03 Å². The predicted octanol–water partition coefficient (Wildman–Crippen LogP) is 2.82. The second kappa shape index (κ2) is 8.14. The fraction of sp³-hybridized carbons (Fsp3) is 0.467. The molecule has 0 fully saturated rings. The number of hydrogen-bond acceptors (Lipinski definition) is 3. The normalized spacial score (nSPS) is 10.1. The van der Waals surface area contributed by atoms with E-state index >= 15 is 0 Å². The van der Waals surface area contributed by atoms with E-state index < -0.39 is 0 Å². The second-order valence-corrected chi connectivity index (χ2v) is 5.16. The first kappa shape index (κ1) is 16.8. The maximum atomic E-state index is 11.7. The molecule has 0 bridgehead atoms. The molecule has 6 heteroatoms. The molecule has 0 saturated heterocycles. The van der Waals surface area contributed by atoms with Crippen molar-refractivity contribution >= 4 is 23.3 Å². The minimum Gasteiger partial charge on any atom is -0.494 e. The van der Waals surface area contributed by atoms with E-state index in [1.165, 1.54) is 14.0 Å². The number of amides is 3. The van der Waals surface area contributed by atoms with Crippen LogP contribution in [0.25, 0.3) is 0 Å². The summed E-state index contributed by atoms with van der Waals surface area (Å²) in [7, 11) is 1.51. The van der Waals surface area contributed by atoms with Crippen LogP contribution in [-0.2, 0) is 4.79 Å². The molecule has 0 saturated carbocycles. The fourth-order valence-corrected chi connectivity index (χ4v) is 1.71. The highest BCUT2D eigenvalue weighted by Gasteiger charge is 2.08. The Morgan fingerprint density at radius 2 is 1.95 bits per heavy atom. The first-order chi connectivity index (χ1) is 9.92. The third-order valence-electron chi connectivity index (χ3n) is 2.78. The number of rotatable bonds is 6. The Morgan fingerprint density at radius 3 is 2.52 bits per heavy atom. The van der Waals surface area contributed by atoms with E-state index in [4.69, 9.17) is 4.74 Å². The van der Waals surface area contributed by atoms with Crippen molar-refractivity contribution in [1.29, 1.82) is 0 Å². The highest BCUT2D eigenvalue weighted by molar-refractivity contribution is 5.93. The van der Waals surface area contributed by atoms with Crippen LogP contribution in [0.3, 0.4) is 0 Å². The second-order valence-electron chi connectivity index (χ2n) is 5.16. The molecule has 3 N–H and O–H groups in total. The molecule has 116 valence electrons. The lowest BCUT2D eigenvalue weighted by Crippen LogP contribution is -2.30. The van der Waals surface area contributed by atoms with E-state index in [0.717, 1.165) is 6.42 Å². The topological polar surface area (TPSA) is 79.5 Å². The number of ether oxygens (including phenoxy) is 1. The molecule has 0 unspecified atom stereocenters. The average Bonchev–Trinajstić information content (AvgIpc) is 2.39. The Kier molecular flexibility index (Phi) is 6.52. The Morgan fingerprint density at radius 1 is 1.24 bits per heavy atom. The van der Waals surface area contributed by atoms with Crippen molar-refractivity contribution in [3.63, 3.8) is 0 Å². The van der Waals surface area contributed by atoms with E-state index in [1.54, 1.807) is 18.2 Å². The van der Waals surface area contributed by atoms with Gasteiger partial charge in [0.15, 0.2) is 0 Å². The van der Waals surface area contributed by atoms with Crippen LogP contribution in [0.1, 0.15) is 27.2 Å². The largest absolute Gasteiger partial charge is 0.494 e. The molecule has 1 aromatic rings. The van der Waals surface area contributed by atoms with Crippen molar-refractivity contribution in [2.75, 3.05) is 24.3 Å². The van der Waals surface area contributed by atoms with Crippen LogP contribution in [0.4, 0.5) is 16.2 Å². The maximum Gasteiger partial charge on any atom is 0.319 e. The van der Waals surface area contributed by atoms with Crippen LogP contribution in [0.15, 0.2) is 18.2 Å². The van der Waals surface area contributed by atoms with Gasteiger partial charge in [-0.05, 0) is 24.5 Å². The van der Waals surface area contributed by atoms with E-state index in [-0.39, 0.29) is 11.9 Å². The summed E-state index contributed by atoms with van der Waals surface area (Å²) in [5.74, 6) is 0.855. The van der Waals surface area contributed by atoms with Crippen molar-refractivity contribution in [3.05, 3.63) is 18.2 Å². The van der Waals surface area contributed by atoms with Gasteiger partial charge in [-0.25, -0.2) is 4.79 Å². The number of urea groups is 1. The Labute approximate surface area is 125 Å². The standard InChI is InChI=1S/C15H23N3O3/c1-10(2)7-8-16-15(20)18-12-5-6-13(17-11(3)19)14(9-12)21-4/h5-6,9-10H,7-8H2,1-4H3,(H,17,19)(H2,16,18,20). The first-order valence-electron chi connectivity index (χ1n) is 6.93. The highest BCUT2D eigenvalue weighted by Crippen LogP contribution is 2.27. The summed E-state index contributed by atoms with van der Waals surface area (Å²) in [5.41, 5.74) is 1.17. The van der Waals surface area contributed by atoms with E-state index in [2.05, 4.69) is 29.8 Å². The third-order valence-corrected chi connectivity index (χ3v) is 2.78. The highest BCUT2D eigenvalue weighted by atomic mass is 16.5. The summed E-state index contributed by atoms with van der Waals surface area (Å²) < 4.78 is 5.19. The van der Waals surface area contributed by atoms with E-state index in [1.807, 2.05) is 0 Å². The Bertz CT molecular complexity index is 501. The fourth-order valence-electron chi connectivity index (χ4n) is 1.71. The van der Waals surface area contributed by atoms with Gasteiger partial charge in [-0.2, -0.15) is 0 Å². The number of benzene rings is 1. The monoisotopic (exact) mass is 293 g/mol. The summed E-state index contributed by atoms with van der Waals surface area (Å²) in [6.07, 6.45) is 0.929. The Hall–Kier alpha value is -2.24. The molecule has 0 spiro atoms. The van der Waals surface area contributed by atoms with Crippen molar-refractivity contribution in [2.24, 2.45) is 5.92 Å².